The molecule has 158 valence electrons. The number of anilines is 1. The SMILES string of the molecule is Cc1onc(-c2c(F)cccc2Cl)c1C(=O)Nc1cccc(COCc2ccco2)c1. The number of halogens is 2. The van der Waals surface area contributed by atoms with E-state index in [1.54, 1.807) is 37.5 Å². The van der Waals surface area contributed by atoms with E-state index in [1.807, 2.05) is 12.1 Å². The molecule has 31 heavy (non-hydrogen) atoms. The van der Waals surface area contributed by atoms with Crippen LogP contribution in [0.25, 0.3) is 11.3 Å². The molecule has 0 aliphatic rings. The van der Waals surface area contributed by atoms with Crippen LogP contribution in [0.15, 0.2) is 69.8 Å². The van der Waals surface area contributed by atoms with Crippen molar-refractivity contribution in [1.82, 2.24) is 5.16 Å². The Morgan fingerprint density at radius 1 is 1.16 bits per heavy atom. The molecule has 0 spiro atoms. The highest BCUT2D eigenvalue weighted by Gasteiger charge is 2.25. The van der Waals surface area contributed by atoms with Gasteiger partial charge in [0.05, 0.1) is 23.5 Å². The molecule has 2 aromatic heterocycles. The molecular weight excluding hydrogens is 423 g/mol. The van der Waals surface area contributed by atoms with E-state index in [-0.39, 0.29) is 27.6 Å². The summed E-state index contributed by atoms with van der Waals surface area (Å²) in [6, 6.07) is 15.1. The number of amides is 1. The highest BCUT2D eigenvalue weighted by atomic mass is 35.5. The Labute approximate surface area is 182 Å². The maximum Gasteiger partial charge on any atom is 0.261 e. The maximum absolute atomic E-state index is 14.4. The lowest BCUT2D eigenvalue weighted by Gasteiger charge is -2.09. The van der Waals surface area contributed by atoms with Crippen molar-refractivity contribution in [3.63, 3.8) is 0 Å². The fourth-order valence-corrected chi connectivity index (χ4v) is 3.38. The van der Waals surface area contributed by atoms with Gasteiger partial charge in [0.2, 0.25) is 0 Å². The molecule has 2 aromatic carbocycles. The topological polar surface area (TPSA) is 77.5 Å². The average molecular weight is 441 g/mol. The third kappa shape index (κ3) is 4.68. The monoisotopic (exact) mass is 440 g/mol. The summed E-state index contributed by atoms with van der Waals surface area (Å²) in [5, 5.41) is 6.80. The van der Waals surface area contributed by atoms with Gasteiger partial charge in [-0.3, -0.25) is 4.79 Å². The lowest BCUT2D eigenvalue weighted by atomic mass is 10.0. The van der Waals surface area contributed by atoms with Crippen LogP contribution in [0.2, 0.25) is 5.02 Å². The van der Waals surface area contributed by atoms with Crippen LogP contribution in [0.4, 0.5) is 10.1 Å². The molecule has 0 saturated carbocycles. The van der Waals surface area contributed by atoms with Crippen molar-refractivity contribution in [2.75, 3.05) is 5.32 Å². The molecule has 0 aliphatic heterocycles. The van der Waals surface area contributed by atoms with Gasteiger partial charge in [-0.2, -0.15) is 0 Å². The molecule has 0 aliphatic carbocycles. The maximum atomic E-state index is 14.4. The van der Waals surface area contributed by atoms with Crippen molar-refractivity contribution in [2.24, 2.45) is 0 Å². The Hall–Kier alpha value is -3.42. The summed E-state index contributed by atoms with van der Waals surface area (Å²) in [6.07, 6.45) is 1.59. The van der Waals surface area contributed by atoms with Crippen LogP contribution in [-0.4, -0.2) is 11.1 Å². The van der Waals surface area contributed by atoms with Crippen LogP contribution in [0.3, 0.4) is 0 Å². The van der Waals surface area contributed by atoms with Crippen molar-refractivity contribution >= 4 is 23.2 Å². The van der Waals surface area contributed by atoms with Gasteiger partial charge in [-0.15, -0.1) is 0 Å². The molecule has 0 atom stereocenters. The minimum Gasteiger partial charge on any atom is -0.467 e. The predicted molar refractivity (Wildman–Crippen MR) is 113 cm³/mol. The molecular formula is C23H18ClFN2O4. The van der Waals surface area contributed by atoms with E-state index in [0.717, 1.165) is 11.3 Å². The first-order valence-electron chi connectivity index (χ1n) is 9.44. The number of benzene rings is 2. The Morgan fingerprint density at radius 3 is 2.77 bits per heavy atom. The molecule has 4 aromatic rings. The first-order chi connectivity index (χ1) is 15.0. The van der Waals surface area contributed by atoms with E-state index in [9.17, 15) is 9.18 Å². The molecule has 0 radical (unpaired) electrons. The van der Waals surface area contributed by atoms with Gasteiger partial charge in [0.25, 0.3) is 5.91 Å². The number of furan rings is 1. The number of ether oxygens (including phenoxy) is 1. The molecule has 8 heteroatoms. The Morgan fingerprint density at radius 2 is 2.00 bits per heavy atom. The number of carbonyl (C=O) groups excluding carboxylic acids is 1. The zero-order valence-electron chi connectivity index (χ0n) is 16.5. The number of rotatable bonds is 7. The summed E-state index contributed by atoms with van der Waals surface area (Å²) in [4.78, 5) is 13.0. The fourth-order valence-electron chi connectivity index (χ4n) is 3.13. The lowest BCUT2D eigenvalue weighted by Crippen LogP contribution is -2.14. The molecule has 1 N–H and O–H groups in total. The highest BCUT2D eigenvalue weighted by molar-refractivity contribution is 6.33. The van der Waals surface area contributed by atoms with Crippen LogP contribution in [0.1, 0.15) is 27.4 Å². The number of hydrogen-bond acceptors (Lipinski definition) is 5. The van der Waals surface area contributed by atoms with E-state index in [0.29, 0.717) is 18.9 Å². The van der Waals surface area contributed by atoms with Gasteiger partial charge >= 0.3 is 0 Å². The largest absolute Gasteiger partial charge is 0.467 e. The van der Waals surface area contributed by atoms with Crippen LogP contribution in [-0.2, 0) is 18.0 Å². The van der Waals surface area contributed by atoms with E-state index in [2.05, 4.69) is 10.5 Å². The molecule has 0 bridgehead atoms. The fraction of sp³-hybridized carbons (Fsp3) is 0.130. The third-order valence-electron chi connectivity index (χ3n) is 4.57. The van der Waals surface area contributed by atoms with Crippen molar-refractivity contribution in [2.45, 2.75) is 20.1 Å². The first-order valence-corrected chi connectivity index (χ1v) is 9.82. The van der Waals surface area contributed by atoms with Gasteiger partial charge in [0.1, 0.15) is 35.2 Å². The van der Waals surface area contributed by atoms with Gasteiger partial charge in [-0.1, -0.05) is 35.0 Å². The number of hydrogen-bond donors (Lipinski definition) is 1. The van der Waals surface area contributed by atoms with Gasteiger partial charge < -0.3 is 19.0 Å². The highest BCUT2D eigenvalue weighted by Crippen LogP contribution is 2.33. The quantitative estimate of drug-likeness (QED) is 0.381. The predicted octanol–water partition coefficient (Wildman–Crippen LogP) is 6.00. The minimum absolute atomic E-state index is 0.0197. The normalized spacial score (nSPS) is 10.9. The lowest BCUT2D eigenvalue weighted by molar-refractivity contribution is 0.0929. The van der Waals surface area contributed by atoms with Crippen molar-refractivity contribution in [3.05, 3.63) is 94.3 Å². The Bertz CT molecular complexity index is 1180. The molecule has 4 rings (SSSR count). The molecule has 6 nitrogen and oxygen atoms in total. The van der Waals surface area contributed by atoms with Gasteiger partial charge in [-0.25, -0.2) is 4.39 Å². The van der Waals surface area contributed by atoms with E-state index < -0.39 is 11.7 Å². The Balaban J connectivity index is 1.51. The summed E-state index contributed by atoms with van der Waals surface area (Å²) in [5.41, 5.74) is 1.60. The minimum atomic E-state index is -0.592. The number of nitrogens with zero attached hydrogens (tertiary/aromatic N) is 1. The summed E-state index contributed by atoms with van der Waals surface area (Å²) in [5.74, 6) is -0.0937. The second kappa shape index (κ2) is 9.16. The molecule has 0 unspecified atom stereocenters. The number of aromatic nitrogens is 1. The second-order valence-electron chi connectivity index (χ2n) is 6.79. The van der Waals surface area contributed by atoms with Crippen LogP contribution in [0.5, 0.6) is 0 Å². The molecule has 2 heterocycles. The molecule has 1 amide bonds. The van der Waals surface area contributed by atoms with Gasteiger partial charge in [-0.05, 0) is 48.9 Å². The number of nitrogens with one attached hydrogen (secondary N) is 1. The van der Waals surface area contributed by atoms with Crippen LogP contribution < -0.4 is 5.32 Å². The summed E-state index contributed by atoms with van der Waals surface area (Å²) < 4.78 is 30.4. The third-order valence-corrected chi connectivity index (χ3v) is 4.88. The number of carbonyl (C=O) groups is 1. The first kappa shape index (κ1) is 20.8. The standard InChI is InChI=1S/C23H18ClFN2O4/c1-14-20(22(27-31-14)21-18(24)8-3-9-19(21)25)23(28)26-16-6-2-5-15(11-16)12-29-13-17-7-4-10-30-17/h2-11H,12-13H2,1H3,(H,26,28). The van der Waals surface area contributed by atoms with Crippen LogP contribution in [0, 0.1) is 12.7 Å². The summed E-state index contributed by atoms with van der Waals surface area (Å²) in [7, 11) is 0. The Kier molecular flexibility index (Phi) is 6.16. The van der Waals surface area contributed by atoms with Crippen LogP contribution >= 0.6 is 11.6 Å². The average Bonchev–Trinajstić information content (AvgIpc) is 3.38. The van der Waals surface area contributed by atoms with Gasteiger partial charge in [0, 0.05) is 5.69 Å². The van der Waals surface area contributed by atoms with Crippen molar-refractivity contribution in [3.8, 4) is 11.3 Å². The van der Waals surface area contributed by atoms with E-state index in [1.165, 1.54) is 18.2 Å². The number of aryl methyl sites for hydroxylation is 1. The zero-order valence-corrected chi connectivity index (χ0v) is 17.3. The smallest absolute Gasteiger partial charge is 0.261 e. The van der Waals surface area contributed by atoms with Crippen molar-refractivity contribution in [1.29, 1.82) is 0 Å². The molecule has 0 fully saturated rings. The van der Waals surface area contributed by atoms with E-state index in [4.69, 9.17) is 25.3 Å². The van der Waals surface area contributed by atoms with Crippen molar-refractivity contribution < 1.29 is 22.9 Å². The van der Waals surface area contributed by atoms with Gasteiger partial charge in [0.15, 0.2) is 0 Å². The zero-order chi connectivity index (χ0) is 21.8. The van der Waals surface area contributed by atoms with E-state index >= 15 is 0 Å². The summed E-state index contributed by atoms with van der Waals surface area (Å²) in [6.45, 7) is 2.27. The molecule has 0 saturated heterocycles. The second-order valence-corrected chi connectivity index (χ2v) is 7.19. The summed E-state index contributed by atoms with van der Waals surface area (Å²) >= 11 is 6.14.